The van der Waals surface area contributed by atoms with Gasteiger partial charge in [0.15, 0.2) is 0 Å². The Balaban J connectivity index is 1.52. The van der Waals surface area contributed by atoms with Gasteiger partial charge in [0.2, 0.25) is 0 Å². The van der Waals surface area contributed by atoms with Gasteiger partial charge < -0.3 is 10.6 Å². The number of pyridine rings is 1. The molecule has 2 aromatic rings. The molecule has 3 aliphatic carbocycles. The minimum atomic E-state index is 0.183. The Kier molecular flexibility index (Phi) is 5.51. The van der Waals surface area contributed by atoms with E-state index < -0.39 is 0 Å². The summed E-state index contributed by atoms with van der Waals surface area (Å²) in [5.41, 5.74) is 9.83. The van der Waals surface area contributed by atoms with Gasteiger partial charge in [0, 0.05) is 23.2 Å². The number of amides is 1. The molecule has 4 nitrogen and oxygen atoms in total. The first-order valence-electron chi connectivity index (χ1n) is 11.8. The number of aromatic nitrogens is 1. The highest BCUT2D eigenvalue weighted by atomic mass is 32.1. The van der Waals surface area contributed by atoms with Crippen LogP contribution < -0.4 is 5.73 Å². The smallest absolute Gasteiger partial charge is 0.266 e. The van der Waals surface area contributed by atoms with Crippen LogP contribution in [0, 0.1) is 0 Å². The number of rotatable bonds is 3. The maximum absolute atomic E-state index is 13.9. The molecule has 5 heteroatoms. The molecule has 0 radical (unpaired) electrons. The van der Waals surface area contributed by atoms with E-state index in [4.69, 9.17) is 10.7 Å². The van der Waals surface area contributed by atoms with Gasteiger partial charge in [-0.15, -0.1) is 11.3 Å². The SMILES string of the molecule is Nc1c(C(=O)N(C2CCCCC2)C2CCCCC2)sc2nc3c(cc12)CCCC3. The molecule has 156 valence electrons. The Hall–Kier alpha value is -1.62. The van der Waals surface area contributed by atoms with Crippen LogP contribution in [0.5, 0.6) is 0 Å². The van der Waals surface area contributed by atoms with Crippen molar-refractivity contribution >= 4 is 33.1 Å². The molecule has 0 bridgehead atoms. The van der Waals surface area contributed by atoms with Crippen molar-refractivity contribution in [2.24, 2.45) is 0 Å². The van der Waals surface area contributed by atoms with Crippen molar-refractivity contribution in [2.75, 3.05) is 5.73 Å². The largest absolute Gasteiger partial charge is 0.397 e. The van der Waals surface area contributed by atoms with E-state index >= 15 is 0 Å². The third-order valence-electron chi connectivity index (χ3n) is 7.36. The van der Waals surface area contributed by atoms with E-state index in [2.05, 4.69) is 11.0 Å². The molecule has 2 N–H and O–H groups in total. The van der Waals surface area contributed by atoms with E-state index in [1.807, 2.05) is 0 Å². The van der Waals surface area contributed by atoms with E-state index in [1.54, 1.807) is 0 Å². The molecule has 1 amide bonds. The molecular weight excluding hydrogens is 378 g/mol. The van der Waals surface area contributed by atoms with Gasteiger partial charge in [0.05, 0.1) is 5.69 Å². The molecular formula is C24H33N3OS. The third-order valence-corrected chi connectivity index (χ3v) is 8.47. The lowest BCUT2D eigenvalue weighted by Gasteiger charge is -2.41. The molecule has 2 heterocycles. The monoisotopic (exact) mass is 411 g/mol. The molecule has 0 aromatic carbocycles. The topological polar surface area (TPSA) is 59.2 Å². The fourth-order valence-corrected chi connectivity index (χ4v) is 6.82. The summed E-state index contributed by atoms with van der Waals surface area (Å²) in [6.07, 6.45) is 16.8. The zero-order valence-corrected chi connectivity index (χ0v) is 18.2. The molecule has 0 saturated heterocycles. The van der Waals surface area contributed by atoms with Gasteiger partial charge in [-0.25, -0.2) is 4.98 Å². The van der Waals surface area contributed by atoms with Crippen molar-refractivity contribution in [1.82, 2.24) is 9.88 Å². The molecule has 29 heavy (non-hydrogen) atoms. The maximum Gasteiger partial charge on any atom is 0.266 e. The first kappa shape index (κ1) is 19.3. The first-order valence-corrected chi connectivity index (χ1v) is 12.6. The summed E-state index contributed by atoms with van der Waals surface area (Å²) in [7, 11) is 0. The van der Waals surface area contributed by atoms with E-state index in [1.165, 1.54) is 74.0 Å². The summed E-state index contributed by atoms with van der Waals surface area (Å²) in [5.74, 6) is 0.183. The number of carbonyl (C=O) groups excluding carboxylic acids is 1. The average molecular weight is 412 g/mol. The number of nitrogens with zero attached hydrogens (tertiary/aromatic N) is 2. The molecule has 3 aliphatic rings. The van der Waals surface area contributed by atoms with Crippen molar-refractivity contribution in [3.63, 3.8) is 0 Å². The maximum atomic E-state index is 13.9. The Morgan fingerprint density at radius 1 is 0.931 bits per heavy atom. The average Bonchev–Trinajstić information content (AvgIpc) is 3.09. The Bertz CT molecular complexity index is 875. The van der Waals surface area contributed by atoms with Crippen LogP contribution in [0.15, 0.2) is 6.07 Å². The number of nitrogens with two attached hydrogens (primary N) is 1. The van der Waals surface area contributed by atoms with Crippen LogP contribution in [-0.2, 0) is 12.8 Å². The fraction of sp³-hybridized carbons (Fsp3) is 0.667. The lowest BCUT2D eigenvalue weighted by molar-refractivity contribution is 0.0454. The van der Waals surface area contributed by atoms with Gasteiger partial charge >= 0.3 is 0 Å². The second-order valence-corrected chi connectivity index (χ2v) is 10.3. The summed E-state index contributed by atoms with van der Waals surface area (Å²) < 4.78 is 0. The van der Waals surface area contributed by atoms with Crippen LogP contribution in [0.25, 0.3) is 10.2 Å². The molecule has 0 aliphatic heterocycles. The van der Waals surface area contributed by atoms with Gasteiger partial charge in [-0.05, 0) is 63.0 Å². The highest BCUT2D eigenvalue weighted by Crippen LogP contribution is 2.39. The number of nitrogen functional groups attached to an aromatic ring is 1. The third kappa shape index (κ3) is 3.67. The molecule has 2 fully saturated rings. The Labute approximate surface area is 177 Å². The van der Waals surface area contributed by atoms with Crippen molar-refractivity contribution < 1.29 is 4.79 Å². The lowest BCUT2D eigenvalue weighted by atomic mass is 9.88. The summed E-state index contributed by atoms with van der Waals surface area (Å²) in [4.78, 5) is 22.8. The quantitative estimate of drug-likeness (QED) is 0.687. The molecule has 2 saturated carbocycles. The van der Waals surface area contributed by atoms with Crippen molar-refractivity contribution in [1.29, 1.82) is 0 Å². The Morgan fingerprint density at radius 2 is 1.55 bits per heavy atom. The fourth-order valence-electron chi connectivity index (χ4n) is 5.78. The van der Waals surface area contributed by atoms with E-state index in [-0.39, 0.29) is 5.91 Å². The van der Waals surface area contributed by atoms with Crippen molar-refractivity contribution in [2.45, 2.75) is 102 Å². The molecule has 0 atom stereocenters. The van der Waals surface area contributed by atoms with Gasteiger partial charge in [-0.2, -0.15) is 0 Å². The lowest BCUT2D eigenvalue weighted by Crippen LogP contribution is -2.48. The standard InChI is InChI=1S/C24H33N3OS/c25-21-19-15-16-9-7-8-14-20(16)26-23(19)29-22(21)24(28)27(17-10-3-1-4-11-17)18-12-5-2-6-13-18/h15,17-18H,1-14,25H2. The van der Waals surface area contributed by atoms with Crippen LogP contribution in [0.3, 0.4) is 0 Å². The number of fused-ring (bicyclic) bond motifs is 2. The summed E-state index contributed by atoms with van der Waals surface area (Å²) >= 11 is 1.53. The molecule has 2 aromatic heterocycles. The minimum Gasteiger partial charge on any atom is -0.397 e. The van der Waals surface area contributed by atoms with Crippen LogP contribution in [-0.4, -0.2) is 27.9 Å². The number of carbonyl (C=O) groups is 1. The Morgan fingerprint density at radius 3 is 2.21 bits per heavy atom. The minimum absolute atomic E-state index is 0.183. The normalized spacial score (nSPS) is 21.2. The van der Waals surface area contributed by atoms with Crippen molar-refractivity contribution in [3.05, 3.63) is 22.2 Å². The predicted octanol–water partition coefficient (Wildman–Crippen LogP) is 5.86. The first-order chi connectivity index (χ1) is 14.2. The summed E-state index contributed by atoms with van der Waals surface area (Å²) in [6.45, 7) is 0. The van der Waals surface area contributed by atoms with Crippen LogP contribution in [0.2, 0.25) is 0 Å². The second-order valence-electron chi connectivity index (χ2n) is 9.29. The zero-order chi connectivity index (χ0) is 19.8. The van der Waals surface area contributed by atoms with Crippen LogP contribution in [0.1, 0.15) is 98.0 Å². The van der Waals surface area contributed by atoms with E-state index in [9.17, 15) is 4.79 Å². The highest BCUT2D eigenvalue weighted by Gasteiger charge is 2.35. The van der Waals surface area contributed by atoms with Gasteiger partial charge in [0.25, 0.3) is 5.91 Å². The zero-order valence-electron chi connectivity index (χ0n) is 17.4. The summed E-state index contributed by atoms with van der Waals surface area (Å²) in [6, 6.07) is 3.01. The van der Waals surface area contributed by atoms with Crippen LogP contribution >= 0.6 is 11.3 Å². The highest BCUT2D eigenvalue weighted by molar-refractivity contribution is 7.21. The molecule has 5 rings (SSSR count). The molecule has 0 unspecified atom stereocenters. The summed E-state index contributed by atoms with van der Waals surface area (Å²) in [5, 5.41) is 1.01. The number of hydrogen-bond acceptors (Lipinski definition) is 4. The number of hydrogen-bond donors (Lipinski definition) is 1. The van der Waals surface area contributed by atoms with Gasteiger partial charge in [-0.1, -0.05) is 38.5 Å². The van der Waals surface area contributed by atoms with E-state index in [0.29, 0.717) is 17.8 Å². The van der Waals surface area contributed by atoms with Crippen LogP contribution in [0.4, 0.5) is 5.69 Å². The van der Waals surface area contributed by atoms with Crippen molar-refractivity contribution in [3.8, 4) is 0 Å². The second kappa shape index (κ2) is 8.25. The predicted molar refractivity (Wildman–Crippen MR) is 121 cm³/mol. The number of thiophene rings is 1. The van der Waals surface area contributed by atoms with Gasteiger partial charge in [0.1, 0.15) is 9.71 Å². The molecule has 0 spiro atoms. The number of anilines is 1. The van der Waals surface area contributed by atoms with Gasteiger partial charge in [-0.3, -0.25) is 4.79 Å². The van der Waals surface area contributed by atoms with E-state index in [0.717, 1.165) is 53.6 Å². The number of aryl methyl sites for hydroxylation is 2.